The largest absolute Gasteiger partial charge is 0.290 e. The zero-order chi connectivity index (χ0) is 10.7. The third-order valence-electron chi connectivity index (χ3n) is 1.71. The molecule has 5 heteroatoms. The summed E-state index contributed by atoms with van der Waals surface area (Å²) in [5, 5.41) is 0.200. The van der Waals surface area contributed by atoms with Gasteiger partial charge in [-0.3, -0.25) is 10.2 Å². The first-order chi connectivity index (χ1) is 6.61. The number of rotatable bonds is 2. The third kappa shape index (κ3) is 1.76. The Balaban J connectivity index is 3.35. The Morgan fingerprint density at radius 1 is 1.64 bits per heavy atom. The van der Waals surface area contributed by atoms with E-state index in [9.17, 15) is 9.18 Å². The van der Waals surface area contributed by atoms with Crippen LogP contribution in [0.15, 0.2) is 18.7 Å². The topological polar surface area (TPSA) is 55.1 Å². The molecule has 1 amide bonds. The molecular weight excluding hydrogens is 207 g/mol. The first kappa shape index (κ1) is 10.7. The molecule has 0 aliphatic heterocycles. The third-order valence-corrected chi connectivity index (χ3v) is 2.04. The standard InChI is InChI=1S/C9H8ClFN2O/c1-2-5-7(10)4-3-6(8(5)11)9(14)13-12/h2-4H,1,12H2,(H,13,14). The lowest BCUT2D eigenvalue weighted by Crippen LogP contribution is -2.30. The molecule has 0 spiro atoms. The molecule has 1 aromatic rings. The van der Waals surface area contributed by atoms with Gasteiger partial charge in [-0.15, -0.1) is 0 Å². The summed E-state index contributed by atoms with van der Waals surface area (Å²) in [7, 11) is 0. The van der Waals surface area contributed by atoms with Crippen molar-refractivity contribution in [3.63, 3.8) is 0 Å². The van der Waals surface area contributed by atoms with Gasteiger partial charge in [0.15, 0.2) is 0 Å². The van der Waals surface area contributed by atoms with Gasteiger partial charge < -0.3 is 0 Å². The van der Waals surface area contributed by atoms with Crippen LogP contribution in [0.4, 0.5) is 4.39 Å². The minimum Gasteiger partial charge on any atom is -0.290 e. The first-order valence-electron chi connectivity index (χ1n) is 3.73. The van der Waals surface area contributed by atoms with E-state index in [1.807, 2.05) is 5.43 Å². The van der Waals surface area contributed by atoms with Crippen LogP contribution in [0.3, 0.4) is 0 Å². The van der Waals surface area contributed by atoms with Crippen molar-refractivity contribution in [1.29, 1.82) is 0 Å². The average Bonchev–Trinajstić information content (AvgIpc) is 2.18. The molecule has 0 heterocycles. The number of nitrogen functional groups attached to an aromatic ring is 1. The second kappa shape index (κ2) is 4.21. The molecule has 0 unspecified atom stereocenters. The quantitative estimate of drug-likeness (QED) is 0.448. The lowest BCUT2D eigenvalue weighted by molar-refractivity contribution is 0.0949. The summed E-state index contributed by atoms with van der Waals surface area (Å²) in [6.07, 6.45) is 1.24. The van der Waals surface area contributed by atoms with Gasteiger partial charge in [0.05, 0.1) is 10.6 Å². The Morgan fingerprint density at radius 2 is 2.29 bits per heavy atom. The number of carbonyl (C=O) groups is 1. The van der Waals surface area contributed by atoms with Crippen molar-refractivity contribution in [3.8, 4) is 0 Å². The summed E-state index contributed by atoms with van der Waals surface area (Å²) in [5.74, 6) is 3.44. The van der Waals surface area contributed by atoms with Crippen LogP contribution in [0.1, 0.15) is 15.9 Å². The highest BCUT2D eigenvalue weighted by Crippen LogP contribution is 2.23. The molecule has 0 atom stereocenters. The Labute approximate surface area is 85.3 Å². The van der Waals surface area contributed by atoms with Crippen molar-refractivity contribution >= 4 is 23.6 Å². The molecule has 1 aromatic carbocycles. The molecule has 14 heavy (non-hydrogen) atoms. The fourth-order valence-electron chi connectivity index (χ4n) is 1.01. The van der Waals surface area contributed by atoms with E-state index in [-0.39, 0.29) is 16.1 Å². The SMILES string of the molecule is C=Cc1c(Cl)ccc(C(=O)NN)c1F. The van der Waals surface area contributed by atoms with Crippen molar-refractivity contribution < 1.29 is 9.18 Å². The lowest BCUT2D eigenvalue weighted by Gasteiger charge is -2.05. The van der Waals surface area contributed by atoms with Crippen LogP contribution in [0, 0.1) is 5.82 Å². The van der Waals surface area contributed by atoms with Crippen molar-refractivity contribution in [1.82, 2.24) is 5.43 Å². The van der Waals surface area contributed by atoms with Crippen molar-refractivity contribution in [2.24, 2.45) is 5.84 Å². The van der Waals surface area contributed by atoms with Gasteiger partial charge in [0.2, 0.25) is 0 Å². The van der Waals surface area contributed by atoms with Crippen molar-refractivity contribution in [2.75, 3.05) is 0 Å². The number of carbonyl (C=O) groups excluding carboxylic acids is 1. The molecule has 1 rings (SSSR count). The van der Waals surface area contributed by atoms with E-state index in [1.165, 1.54) is 18.2 Å². The van der Waals surface area contributed by atoms with Gasteiger partial charge >= 0.3 is 0 Å². The van der Waals surface area contributed by atoms with Gasteiger partial charge in [0.1, 0.15) is 5.82 Å². The summed E-state index contributed by atoms with van der Waals surface area (Å²) in [4.78, 5) is 11.1. The van der Waals surface area contributed by atoms with Crippen LogP contribution in [0.2, 0.25) is 5.02 Å². The minimum atomic E-state index is -0.726. The predicted octanol–water partition coefficient (Wildman–Crippen LogP) is 1.73. The maximum atomic E-state index is 13.5. The molecule has 3 N–H and O–H groups in total. The fraction of sp³-hybridized carbons (Fsp3) is 0. The molecule has 74 valence electrons. The zero-order valence-electron chi connectivity index (χ0n) is 7.18. The van der Waals surface area contributed by atoms with Gasteiger partial charge in [0, 0.05) is 5.56 Å². The van der Waals surface area contributed by atoms with Gasteiger partial charge in [-0.1, -0.05) is 24.3 Å². The fourth-order valence-corrected chi connectivity index (χ4v) is 1.23. The second-order valence-electron chi connectivity index (χ2n) is 2.50. The van der Waals surface area contributed by atoms with E-state index in [0.29, 0.717) is 0 Å². The summed E-state index contributed by atoms with van der Waals surface area (Å²) in [6, 6.07) is 2.67. The maximum absolute atomic E-state index is 13.5. The minimum absolute atomic E-state index is 0.0905. The number of nitrogens with one attached hydrogen (secondary N) is 1. The van der Waals surface area contributed by atoms with E-state index >= 15 is 0 Å². The smallest absolute Gasteiger partial charge is 0.268 e. The summed E-state index contributed by atoms with van der Waals surface area (Å²) >= 11 is 5.68. The number of hydrazine groups is 1. The van der Waals surface area contributed by atoms with E-state index in [0.717, 1.165) is 0 Å². The number of benzene rings is 1. The van der Waals surface area contributed by atoms with Crippen LogP contribution in [0.25, 0.3) is 6.08 Å². The van der Waals surface area contributed by atoms with Crippen LogP contribution < -0.4 is 11.3 Å². The summed E-state index contributed by atoms with van der Waals surface area (Å²) < 4.78 is 13.5. The number of nitrogens with two attached hydrogens (primary N) is 1. The zero-order valence-corrected chi connectivity index (χ0v) is 7.94. The normalized spacial score (nSPS) is 9.64. The van der Waals surface area contributed by atoms with Gasteiger partial charge in [-0.25, -0.2) is 10.2 Å². The number of amides is 1. The predicted molar refractivity (Wildman–Crippen MR) is 53.2 cm³/mol. The maximum Gasteiger partial charge on any atom is 0.268 e. The van der Waals surface area contributed by atoms with Crippen molar-refractivity contribution in [2.45, 2.75) is 0 Å². The Hall–Kier alpha value is -1.39. The molecular formula is C9H8ClFN2O. The Bertz CT molecular complexity index is 393. The molecule has 0 aliphatic rings. The highest BCUT2D eigenvalue weighted by Gasteiger charge is 2.14. The molecule has 0 saturated carbocycles. The molecule has 0 saturated heterocycles. The Morgan fingerprint density at radius 3 is 2.79 bits per heavy atom. The highest BCUT2D eigenvalue weighted by atomic mass is 35.5. The van der Waals surface area contributed by atoms with E-state index in [4.69, 9.17) is 17.4 Å². The molecule has 0 aliphatic carbocycles. The Kier molecular flexibility index (Phi) is 3.22. The van der Waals surface area contributed by atoms with Crippen LogP contribution >= 0.6 is 11.6 Å². The van der Waals surface area contributed by atoms with Gasteiger partial charge in [-0.2, -0.15) is 0 Å². The number of halogens is 2. The molecule has 0 fully saturated rings. The van der Waals surface area contributed by atoms with E-state index < -0.39 is 11.7 Å². The van der Waals surface area contributed by atoms with Crippen LogP contribution in [-0.4, -0.2) is 5.91 Å². The summed E-state index contributed by atoms with van der Waals surface area (Å²) in [5.41, 5.74) is 1.77. The lowest BCUT2D eigenvalue weighted by atomic mass is 10.1. The molecule has 3 nitrogen and oxygen atoms in total. The number of hydrogen-bond donors (Lipinski definition) is 2. The van der Waals surface area contributed by atoms with E-state index in [2.05, 4.69) is 6.58 Å². The summed E-state index contributed by atoms with van der Waals surface area (Å²) in [6.45, 7) is 3.39. The first-order valence-corrected chi connectivity index (χ1v) is 4.11. The van der Waals surface area contributed by atoms with Crippen LogP contribution in [0.5, 0.6) is 0 Å². The van der Waals surface area contributed by atoms with Crippen molar-refractivity contribution in [3.05, 3.63) is 40.7 Å². The van der Waals surface area contributed by atoms with Gasteiger partial charge in [-0.05, 0) is 12.1 Å². The van der Waals surface area contributed by atoms with Gasteiger partial charge in [0.25, 0.3) is 5.91 Å². The number of hydrogen-bond acceptors (Lipinski definition) is 2. The highest BCUT2D eigenvalue weighted by molar-refractivity contribution is 6.32. The van der Waals surface area contributed by atoms with E-state index in [1.54, 1.807) is 0 Å². The molecule has 0 radical (unpaired) electrons. The monoisotopic (exact) mass is 214 g/mol. The van der Waals surface area contributed by atoms with Crippen LogP contribution in [-0.2, 0) is 0 Å². The molecule has 0 bridgehead atoms. The average molecular weight is 215 g/mol. The second-order valence-corrected chi connectivity index (χ2v) is 2.91. The molecule has 0 aromatic heterocycles.